The van der Waals surface area contributed by atoms with E-state index in [1.165, 1.54) is 0 Å². The van der Waals surface area contributed by atoms with Crippen LogP contribution in [0.4, 0.5) is 5.69 Å². The summed E-state index contributed by atoms with van der Waals surface area (Å²) in [7, 11) is 0. The van der Waals surface area contributed by atoms with Gasteiger partial charge >= 0.3 is 5.97 Å². The number of carbonyl (C=O) groups excluding carboxylic acids is 3. The number of amides is 1. The Morgan fingerprint density at radius 2 is 1.72 bits per heavy atom. The number of benzene rings is 2. The van der Waals surface area contributed by atoms with Crippen molar-refractivity contribution in [3.8, 4) is 0 Å². The zero-order chi connectivity index (χ0) is 20.8. The number of para-hydroxylation sites is 1. The van der Waals surface area contributed by atoms with Gasteiger partial charge in [-0.05, 0) is 32.0 Å². The van der Waals surface area contributed by atoms with Crippen molar-refractivity contribution in [2.45, 2.75) is 13.8 Å². The average Bonchev–Trinajstić information content (AvgIpc) is 3.03. The zero-order valence-electron chi connectivity index (χ0n) is 16.3. The van der Waals surface area contributed by atoms with E-state index in [0.29, 0.717) is 11.3 Å². The van der Waals surface area contributed by atoms with Crippen LogP contribution >= 0.6 is 11.8 Å². The highest BCUT2D eigenvalue weighted by molar-refractivity contribution is 8.00. The molecule has 150 valence electrons. The number of Topliss-reactive ketones (excluding diaryl/α,β-unsaturated/α-hetero) is 1. The van der Waals surface area contributed by atoms with Gasteiger partial charge in [-0.15, -0.1) is 11.8 Å². The molecule has 6 nitrogen and oxygen atoms in total. The first kappa shape index (κ1) is 20.7. The van der Waals surface area contributed by atoms with E-state index in [0.717, 1.165) is 33.9 Å². The fraction of sp³-hybridized carbons (Fsp3) is 0.227. The Labute approximate surface area is 173 Å². The van der Waals surface area contributed by atoms with Gasteiger partial charge in [-0.25, -0.2) is 0 Å². The van der Waals surface area contributed by atoms with Crippen molar-refractivity contribution in [1.29, 1.82) is 0 Å². The molecule has 29 heavy (non-hydrogen) atoms. The van der Waals surface area contributed by atoms with Crippen LogP contribution in [-0.2, 0) is 14.3 Å². The molecule has 0 saturated heterocycles. The van der Waals surface area contributed by atoms with Crippen molar-refractivity contribution in [1.82, 2.24) is 4.98 Å². The number of aromatic nitrogens is 1. The topological polar surface area (TPSA) is 88.3 Å². The lowest BCUT2D eigenvalue weighted by Gasteiger charge is -2.06. The second kappa shape index (κ2) is 9.43. The summed E-state index contributed by atoms with van der Waals surface area (Å²) in [4.78, 5) is 39.5. The standard InChI is InChI=1S/C22H22N2O4S/c1-14-7-9-16(10-8-14)24-20(26)12-29-13-21(27)28-11-19(25)22-15(2)23-18-6-4-3-5-17(18)22/h3-10,23H,11-13H2,1-2H3,(H,24,26). The Morgan fingerprint density at radius 3 is 2.48 bits per heavy atom. The van der Waals surface area contributed by atoms with E-state index in [-0.39, 0.29) is 29.8 Å². The number of anilines is 1. The smallest absolute Gasteiger partial charge is 0.316 e. The predicted molar refractivity (Wildman–Crippen MR) is 115 cm³/mol. The van der Waals surface area contributed by atoms with E-state index in [1.54, 1.807) is 0 Å². The molecule has 2 N–H and O–H groups in total. The molecule has 0 aliphatic carbocycles. The van der Waals surface area contributed by atoms with Crippen molar-refractivity contribution < 1.29 is 19.1 Å². The molecule has 7 heteroatoms. The molecular weight excluding hydrogens is 388 g/mol. The number of aromatic amines is 1. The molecule has 0 saturated carbocycles. The Bertz CT molecular complexity index is 1040. The number of thioether (sulfide) groups is 1. The number of ketones is 1. The Balaban J connectivity index is 1.42. The number of hydrogen-bond acceptors (Lipinski definition) is 5. The number of ether oxygens (including phenoxy) is 1. The maximum atomic E-state index is 12.5. The molecule has 1 amide bonds. The average molecular weight is 410 g/mol. The van der Waals surface area contributed by atoms with Crippen LogP contribution in [0.3, 0.4) is 0 Å². The van der Waals surface area contributed by atoms with Crippen LogP contribution in [-0.4, -0.2) is 40.8 Å². The predicted octanol–water partition coefficient (Wildman–Crippen LogP) is 3.88. The zero-order valence-corrected chi connectivity index (χ0v) is 17.1. The van der Waals surface area contributed by atoms with Crippen LogP contribution in [0.2, 0.25) is 0 Å². The Morgan fingerprint density at radius 1 is 1.00 bits per heavy atom. The third-order valence-electron chi connectivity index (χ3n) is 4.33. The number of rotatable bonds is 8. The van der Waals surface area contributed by atoms with Gasteiger partial charge in [-0.3, -0.25) is 14.4 Å². The molecule has 1 heterocycles. The molecular formula is C22H22N2O4S. The lowest BCUT2D eigenvalue weighted by atomic mass is 10.1. The molecule has 1 aromatic heterocycles. The summed E-state index contributed by atoms with van der Waals surface area (Å²) in [6.07, 6.45) is 0. The summed E-state index contributed by atoms with van der Waals surface area (Å²) in [6, 6.07) is 15.0. The van der Waals surface area contributed by atoms with E-state index in [4.69, 9.17) is 4.74 Å². The number of aryl methyl sites for hydroxylation is 2. The van der Waals surface area contributed by atoms with Gasteiger partial charge in [0.1, 0.15) is 0 Å². The molecule has 0 aliphatic rings. The first-order valence-electron chi connectivity index (χ1n) is 9.14. The highest BCUT2D eigenvalue weighted by Gasteiger charge is 2.17. The number of nitrogens with one attached hydrogen (secondary N) is 2. The van der Waals surface area contributed by atoms with E-state index < -0.39 is 5.97 Å². The molecule has 0 aliphatic heterocycles. The first-order valence-corrected chi connectivity index (χ1v) is 10.3. The highest BCUT2D eigenvalue weighted by atomic mass is 32.2. The highest BCUT2D eigenvalue weighted by Crippen LogP contribution is 2.22. The van der Waals surface area contributed by atoms with Crippen LogP contribution < -0.4 is 5.32 Å². The van der Waals surface area contributed by atoms with Crippen LogP contribution in [0.1, 0.15) is 21.6 Å². The minimum atomic E-state index is -0.524. The molecule has 0 atom stereocenters. The number of esters is 1. The number of carbonyl (C=O) groups is 3. The van der Waals surface area contributed by atoms with Gasteiger partial charge in [-0.2, -0.15) is 0 Å². The van der Waals surface area contributed by atoms with Crippen molar-refractivity contribution in [2.75, 3.05) is 23.4 Å². The number of H-pyrrole nitrogens is 1. The van der Waals surface area contributed by atoms with Gasteiger partial charge in [0.25, 0.3) is 0 Å². The SMILES string of the molecule is Cc1ccc(NC(=O)CSCC(=O)OCC(=O)c2c(C)[nH]c3ccccc23)cc1. The van der Waals surface area contributed by atoms with Crippen LogP contribution in [0.25, 0.3) is 10.9 Å². The fourth-order valence-corrected chi connectivity index (χ4v) is 3.57. The number of fused-ring (bicyclic) bond motifs is 1. The van der Waals surface area contributed by atoms with Crippen molar-refractivity contribution in [2.24, 2.45) is 0 Å². The van der Waals surface area contributed by atoms with Gasteiger partial charge in [0.2, 0.25) is 11.7 Å². The van der Waals surface area contributed by atoms with Crippen molar-refractivity contribution >= 4 is 46.0 Å². The number of hydrogen-bond donors (Lipinski definition) is 2. The van der Waals surface area contributed by atoms with E-state index in [1.807, 2.05) is 62.4 Å². The van der Waals surface area contributed by atoms with Crippen LogP contribution in [0, 0.1) is 13.8 Å². The molecule has 3 aromatic rings. The van der Waals surface area contributed by atoms with Gasteiger partial charge in [-0.1, -0.05) is 35.9 Å². The largest absolute Gasteiger partial charge is 0.457 e. The molecule has 2 aromatic carbocycles. The van der Waals surface area contributed by atoms with E-state index in [2.05, 4.69) is 10.3 Å². The molecule has 0 fully saturated rings. The Kier molecular flexibility index (Phi) is 6.72. The molecule has 3 rings (SSSR count). The maximum absolute atomic E-state index is 12.5. The van der Waals surface area contributed by atoms with Crippen molar-refractivity contribution in [3.05, 3.63) is 65.4 Å². The third-order valence-corrected chi connectivity index (χ3v) is 5.23. The fourth-order valence-electron chi connectivity index (χ4n) is 2.96. The van der Waals surface area contributed by atoms with Gasteiger partial charge in [0, 0.05) is 27.8 Å². The summed E-state index contributed by atoms with van der Waals surface area (Å²) in [5, 5.41) is 3.58. The van der Waals surface area contributed by atoms with E-state index in [9.17, 15) is 14.4 Å². The quantitative estimate of drug-likeness (QED) is 0.435. The first-order chi connectivity index (χ1) is 13.9. The molecule has 0 radical (unpaired) electrons. The van der Waals surface area contributed by atoms with Crippen LogP contribution in [0.15, 0.2) is 48.5 Å². The van der Waals surface area contributed by atoms with Gasteiger partial charge in [0.05, 0.1) is 11.5 Å². The maximum Gasteiger partial charge on any atom is 0.316 e. The lowest BCUT2D eigenvalue weighted by Crippen LogP contribution is -2.18. The Hall–Kier alpha value is -3.06. The van der Waals surface area contributed by atoms with E-state index >= 15 is 0 Å². The summed E-state index contributed by atoms with van der Waals surface area (Å²) >= 11 is 1.14. The molecule has 0 spiro atoms. The third kappa shape index (κ3) is 5.48. The monoisotopic (exact) mass is 410 g/mol. The molecule has 0 unspecified atom stereocenters. The second-order valence-corrected chi connectivity index (χ2v) is 7.65. The summed E-state index contributed by atoms with van der Waals surface area (Å²) in [5.74, 6) is -0.850. The van der Waals surface area contributed by atoms with Crippen LogP contribution in [0.5, 0.6) is 0 Å². The minimum absolute atomic E-state index is 0.00145. The summed E-state index contributed by atoms with van der Waals surface area (Å²) < 4.78 is 5.09. The summed E-state index contributed by atoms with van der Waals surface area (Å²) in [5.41, 5.74) is 3.98. The summed E-state index contributed by atoms with van der Waals surface area (Å²) in [6.45, 7) is 3.47. The second-order valence-electron chi connectivity index (χ2n) is 6.66. The normalized spacial score (nSPS) is 10.7. The van der Waals surface area contributed by atoms with Gasteiger partial charge in [0.15, 0.2) is 6.61 Å². The van der Waals surface area contributed by atoms with Gasteiger partial charge < -0.3 is 15.0 Å². The molecule has 0 bridgehead atoms. The lowest BCUT2D eigenvalue weighted by molar-refractivity contribution is -0.139. The van der Waals surface area contributed by atoms with Crippen molar-refractivity contribution in [3.63, 3.8) is 0 Å². The minimum Gasteiger partial charge on any atom is -0.457 e.